The quantitative estimate of drug-likeness (QED) is 0.675. The minimum Gasteiger partial charge on any atom is -0.507 e. The van der Waals surface area contributed by atoms with Crippen molar-refractivity contribution in [1.82, 2.24) is 4.98 Å². The molecule has 0 saturated heterocycles. The molecular weight excluding hydrogens is 195 g/mol. The summed E-state index contributed by atoms with van der Waals surface area (Å²) in [6, 6.07) is 5.19. The number of hydrogen-bond donors (Lipinski definition) is 2. The number of aromatic nitrogens is 1. The molecule has 0 saturated carbocycles. The van der Waals surface area contributed by atoms with Crippen LogP contribution in [-0.4, -0.2) is 10.1 Å². The van der Waals surface area contributed by atoms with E-state index < -0.39 is 11.9 Å². The number of aromatic hydroxyl groups is 1. The van der Waals surface area contributed by atoms with Gasteiger partial charge in [-0.25, -0.2) is 0 Å². The van der Waals surface area contributed by atoms with Crippen LogP contribution in [-0.2, 0) is 6.18 Å². The Bertz CT molecular complexity index is 472. The lowest BCUT2D eigenvalue weighted by molar-refractivity contribution is -0.140. The number of H-pyrrole nitrogens is 1. The molecular formula is C9H6F3NO. The molecule has 0 aliphatic rings. The van der Waals surface area contributed by atoms with E-state index in [1.165, 1.54) is 18.2 Å². The van der Waals surface area contributed by atoms with Crippen molar-refractivity contribution in [1.29, 1.82) is 0 Å². The van der Waals surface area contributed by atoms with E-state index in [4.69, 9.17) is 0 Å². The Labute approximate surface area is 77.0 Å². The second-order valence-electron chi connectivity index (χ2n) is 2.92. The molecule has 1 aromatic heterocycles. The number of phenolic OH excluding ortho intramolecular Hbond substituents is 1. The number of halogens is 3. The smallest absolute Gasteiger partial charge is 0.431 e. The molecule has 2 rings (SSSR count). The molecule has 1 heterocycles. The van der Waals surface area contributed by atoms with Gasteiger partial charge in [0.05, 0.1) is 0 Å². The van der Waals surface area contributed by atoms with Crippen molar-refractivity contribution in [3.05, 3.63) is 30.0 Å². The SMILES string of the molecule is Oc1cccc2[nH]c(C(F)(F)F)cc12. The van der Waals surface area contributed by atoms with E-state index in [0.717, 1.165) is 6.07 Å². The second-order valence-corrected chi connectivity index (χ2v) is 2.92. The lowest BCUT2D eigenvalue weighted by Gasteiger charge is -2.00. The van der Waals surface area contributed by atoms with Gasteiger partial charge >= 0.3 is 6.18 Å². The van der Waals surface area contributed by atoms with Crippen LogP contribution < -0.4 is 0 Å². The first-order valence-corrected chi connectivity index (χ1v) is 3.86. The maximum Gasteiger partial charge on any atom is 0.431 e. The number of benzene rings is 1. The number of phenols is 1. The Kier molecular flexibility index (Phi) is 1.70. The molecule has 0 atom stereocenters. The average molecular weight is 201 g/mol. The first-order valence-electron chi connectivity index (χ1n) is 3.86. The minimum absolute atomic E-state index is 0.158. The predicted octanol–water partition coefficient (Wildman–Crippen LogP) is 2.89. The third kappa shape index (κ3) is 1.30. The van der Waals surface area contributed by atoms with E-state index in [1.807, 2.05) is 0 Å². The van der Waals surface area contributed by atoms with Gasteiger partial charge in [-0.05, 0) is 18.2 Å². The van der Waals surface area contributed by atoms with Crippen molar-refractivity contribution in [2.45, 2.75) is 6.18 Å². The third-order valence-corrected chi connectivity index (χ3v) is 1.95. The van der Waals surface area contributed by atoms with Gasteiger partial charge in [0, 0.05) is 10.9 Å². The van der Waals surface area contributed by atoms with Crippen LogP contribution >= 0.6 is 0 Å². The standard InChI is InChI=1S/C9H6F3NO/c10-9(11,12)8-4-5-6(13-8)2-1-3-7(5)14/h1-4,13-14H. The molecule has 14 heavy (non-hydrogen) atoms. The van der Waals surface area contributed by atoms with Gasteiger partial charge in [0.25, 0.3) is 0 Å². The molecule has 5 heteroatoms. The van der Waals surface area contributed by atoms with E-state index in [-0.39, 0.29) is 16.7 Å². The van der Waals surface area contributed by atoms with Crippen LogP contribution in [0.5, 0.6) is 5.75 Å². The second kappa shape index (κ2) is 2.67. The number of rotatable bonds is 0. The summed E-state index contributed by atoms with van der Waals surface area (Å²) in [7, 11) is 0. The van der Waals surface area contributed by atoms with Gasteiger partial charge in [0.15, 0.2) is 0 Å². The van der Waals surface area contributed by atoms with E-state index in [2.05, 4.69) is 4.98 Å². The highest BCUT2D eigenvalue weighted by Gasteiger charge is 2.32. The Morgan fingerprint density at radius 2 is 1.93 bits per heavy atom. The molecule has 0 bridgehead atoms. The Hall–Kier alpha value is -1.65. The zero-order valence-corrected chi connectivity index (χ0v) is 6.89. The summed E-state index contributed by atoms with van der Waals surface area (Å²) in [5.74, 6) is -0.158. The van der Waals surface area contributed by atoms with Gasteiger partial charge in [-0.2, -0.15) is 13.2 Å². The summed E-state index contributed by atoms with van der Waals surface area (Å²) in [6.07, 6.45) is -4.41. The highest BCUT2D eigenvalue weighted by molar-refractivity contribution is 5.86. The van der Waals surface area contributed by atoms with Crippen LogP contribution in [0.2, 0.25) is 0 Å². The first-order chi connectivity index (χ1) is 6.48. The first kappa shape index (κ1) is 8.93. The number of nitrogens with one attached hydrogen (secondary N) is 1. The fourth-order valence-electron chi connectivity index (χ4n) is 1.29. The average Bonchev–Trinajstić information content (AvgIpc) is 2.48. The summed E-state index contributed by atoms with van der Waals surface area (Å²) in [5.41, 5.74) is -0.577. The summed E-state index contributed by atoms with van der Waals surface area (Å²) < 4.78 is 36.7. The van der Waals surface area contributed by atoms with Crippen LogP contribution in [0, 0.1) is 0 Å². The minimum atomic E-state index is -4.41. The molecule has 2 nitrogen and oxygen atoms in total. The Balaban J connectivity index is 2.69. The molecule has 0 spiro atoms. The molecule has 0 radical (unpaired) electrons. The van der Waals surface area contributed by atoms with E-state index in [1.54, 1.807) is 0 Å². The van der Waals surface area contributed by atoms with Crippen molar-refractivity contribution in [3.8, 4) is 5.75 Å². The van der Waals surface area contributed by atoms with Crippen molar-refractivity contribution >= 4 is 10.9 Å². The van der Waals surface area contributed by atoms with Gasteiger partial charge in [0.1, 0.15) is 11.4 Å². The van der Waals surface area contributed by atoms with Crippen molar-refractivity contribution in [2.75, 3.05) is 0 Å². The summed E-state index contributed by atoms with van der Waals surface area (Å²) in [5, 5.41) is 9.44. The van der Waals surface area contributed by atoms with Crippen molar-refractivity contribution in [2.24, 2.45) is 0 Å². The molecule has 1 aromatic carbocycles. The maximum absolute atomic E-state index is 12.2. The van der Waals surface area contributed by atoms with Crippen LogP contribution in [0.3, 0.4) is 0 Å². The lowest BCUT2D eigenvalue weighted by Crippen LogP contribution is -2.04. The Morgan fingerprint density at radius 3 is 2.50 bits per heavy atom. The van der Waals surface area contributed by atoms with Crippen molar-refractivity contribution < 1.29 is 18.3 Å². The topological polar surface area (TPSA) is 36.0 Å². The van der Waals surface area contributed by atoms with E-state index in [0.29, 0.717) is 0 Å². The summed E-state index contributed by atoms with van der Waals surface area (Å²) in [6.45, 7) is 0. The fraction of sp³-hybridized carbons (Fsp3) is 0.111. The molecule has 74 valence electrons. The van der Waals surface area contributed by atoms with Gasteiger partial charge in [0.2, 0.25) is 0 Å². The van der Waals surface area contributed by atoms with Gasteiger partial charge in [-0.3, -0.25) is 0 Å². The third-order valence-electron chi connectivity index (χ3n) is 1.95. The molecule has 0 amide bonds. The molecule has 2 aromatic rings. The zero-order chi connectivity index (χ0) is 10.3. The van der Waals surface area contributed by atoms with Gasteiger partial charge in [-0.15, -0.1) is 0 Å². The Morgan fingerprint density at radius 1 is 1.21 bits per heavy atom. The monoisotopic (exact) mass is 201 g/mol. The van der Waals surface area contributed by atoms with E-state index in [9.17, 15) is 18.3 Å². The molecule has 2 N–H and O–H groups in total. The zero-order valence-electron chi connectivity index (χ0n) is 6.89. The van der Waals surface area contributed by atoms with Gasteiger partial charge < -0.3 is 10.1 Å². The largest absolute Gasteiger partial charge is 0.507 e. The summed E-state index contributed by atoms with van der Waals surface area (Å²) >= 11 is 0. The number of fused-ring (bicyclic) bond motifs is 1. The fourth-order valence-corrected chi connectivity index (χ4v) is 1.29. The summed E-state index contributed by atoms with van der Waals surface area (Å²) in [4.78, 5) is 2.19. The van der Waals surface area contributed by atoms with Crippen molar-refractivity contribution in [3.63, 3.8) is 0 Å². The molecule has 0 aliphatic carbocycles. The number of aromatic amines is 1. The molecule has 0 fully saturated rings. The van der Waals surface area contributed by atoms with E-state index >= 15 is 0 Å². The number of hydrogen-bond acceptors (Lipinski definition) is 1. The normalized spacial score (nSPS) is 12.2. The van der Waals surface area contributed by atoms with Crippen LogP contribution in [0.15, 0.2) is 24.3 Å². The molecule has 0 aliphatic heterocycles. The number of alkyl halides is 3. The predicted molar refractivity (Wildman–Crippen MR) is 45.0 cm³/mol. The molecule has 0 unspecified atom stereocenters. The van der Waals surface area contributed by atoms with Crippen LogP contribution in [0.4, 0.5) is 13.2 Å². The van der Waals surface area contributed by atoms with Gasteiger partial charge in [-0.1, -0.05) is 6.07 Å². The highest BCUT2D eigenvalue weighted by Crippen LogP contribution is 2.33. The highest BCUT2D eigenvalue weighted by atomic mass is 19.4. The van der Waals surface area contributed by atoms with Crippen LogP contribution in [0.1, 0.15) is 5.69 Å². The maximum atomic E-state index is 12.2. The lowest BCUT2D eigenvalue weighted by atomic mass is 10.2. The van der Waals surface area contributed by atoms with Crippen LogP contribution in [0.25, 0.3) is 10.9 Å².